The molecule has 2 fully saturated rings. The summed E-state index contributed by atoms with van der Waals surface area (Å²) in [5, 5.41) is 0. The van der Waals surface area contributed by atoms with Crippen molar-refractivity contribution in [1.82, 2.24) is 9.80 Å². The molecule has 2 aromatic rings. The Morgan fingerprint density at radius 1 is 1.06 bits per heavy atom. The molecule has 1 atom stereocenters. The highest BCUT2D eigenvalue weighted by atomic mass is 19.1. The number of halogens is 1. The van der Waals surface area contributed by atoms with Crippen LogP contribution in [0.25, 0.3) is 0 Å². The lowest BCUT2D eigenvalue weighted by Gasteiger charge is -2.41. The summed E-state index contributed by atoms with van der Waals surface area (Å²) in [5.41, 5.74) is 2.63. The van der Waals surface area contributed by atoms with E-state index in [1.54, 1.807) is 12.1 Å². The van der Waals surface area contributed by atoms with Crippen LogP contribution in [0.2, 0.25) is 0 Å². The molecule has 2 aromatic carbocycles. The van der Waals surface area contributed by atoms with Crippen LogP contribution in [0.3, 0.4) is 0 Å². The van der Waals surface area contributed by atoms with Gasteiger partial charge in [-0.2, -0.15) is 0 Å². The van der Waals surface area contributed by atoms with Crippen LogP contribution in [-0.4, -0.2) is 47.0 Å². The molecule has 2 aliphatic heterocycles. The van der Waals surface area contributed by atoms with Gasteiger partial charge in [-0.3, -0.25) is 9.69 Å². The monoisotopic (exact) mass is 424 g/mol. The molecule has 2 saturated heterocycles. The molecule has 2 heterocycles. The lowest BCUT2D eigenvalue weighted by Crippen LogP contribution is -2.48. The second kappa shape index (κ2) is 9.49. The molecule has 0 N–H and O–H groups in total. The van der Waals surface area contributed by atoms with Crippen molar-refractivity contribution < 1.29 is 13.9 Å². The third-order valence-electron chi connectivity index (χ3n) is 6.44. The molecule has 0 radical (unpaired) electrons. The van der Waals surface area contributed by atoms with Crippen LogP contribution in [0.15, 0.2) is 48.5 Å². The number of carbonyl (C=O) groups is 1. The summed E-state index contributed by atoms with van der Waals surface area (Å²) in [6.45, 7) is 8.52. The van der Waals surface area contributed by atoms with Crippen LogP contribution in [-0.2, 0) is 17.8 Å². The van der Waals surface area contributed by atoms with Gasteiger partial charge in [0, 0.05) is 31.3 Å². The zero-order chi connectivity index (χ0) is 21.8. The lowest BCUT2D eigenvalue weighted by atomic mass is 9.92. The Hall–Kier alpha value is -2.24. The van der Waals surface area contributed by atoms with E-state index in [2.05, 4.69) is 30.9 Å². The summed E-state index contributed by atoms with van der Waals surface area (Å²) in [6.07, 6.45) is 4.14. The average molecular weight is 425 g/mol. The van der Waals surface area contributed by atoms with Gasteiger partial charge in [0.15, 0.2) is 0 Å². The van der Waals surface area contributed by atoms with Gasteiger partial charge in [-0.05, 0) is 88.0 Å². The van der Waals surface area contributed by atoms with Gasteiger partial charge in [0.25, 0.3) is 5.91 Å². The SMILES string of the molecule is CC1(C)CC(N(Cc2ccc(F)cc2)C(=O)c2ccc(CN3CCCC3)cc2)CCO1. The molecule has 1 unspecified atom stereocenters. The lowest BCUT2D eigenvalue weighted by molar-refractivity contribution is -0.0792. The first-order valence-electron chi connectivity index (χ1n) is 11.4. The first kappa shape index (κ1) is 22.0. The molecule has 4 rings (SSSR count). The van der Waals surface area contributed by atoms with Crippen molar-refractivity contribution >= 4 is 5.91 Å². The van der Waals surface area contributed by atoms with E-state index in [0.29, 0.717) is 18.7 Å². The van der Waals surface area contributed by atoms with Gasteiger partial charge in [0.2, 0.25) is 0 Å². The van der Waals surface area contributed by atoms with Gasteiger partial charge >= 0.3 is 0 Å². The summed E-state index contributed by atoms with van der Waals surface area (Å²) in [7, 11) is 0. The highest BCUT2D eigenvalue weighted by Crippen LogP contribution is 2.29. The number of nitrogens with zero attached hydrogens (tertiary/aromatic N) is 2. The molecule has 1 amide bonds. The third-order valence-corrected chi connectivity index (χ3v) is 6.44. The molecule has 5 heteroatoms. The Morgan fingerprint density at radius 3 is 2.35 bits per heavy atom. The molecule has 4 nitrogen and oxygen atoms in total. The second-order valence-electron chi connectivity index (χ2n) is 9.49. The van der Waals surface area contributed by atoms with E-state index >= 15 is 0 Å². The normalized spacial score (nSPS) is 21.2. The molecular formula is C26H33FN2O2. The first-order chi connectivity index (χ1) is 14.9. The van der Waals surface area contributed by atoms with Crippen molar-refractivity contribution in [2.24, 2.45) is 0 Å². The topological polar surface area (TPSA) is 32.8 Å². The van der Waals surface area contributed by atoms with Crippen LogP contribution in [0.5, 0.6) is 0 Å². The predicted molar refractivity (Wildman–Crippen MR) is 120 cm³/mol. The van der Waals surface area contributed by atoms with Crippen molar-refractivity contribution in [1.29, 1.82) is 0 Å². The number of amides is 1. The van der Waals surface area contributed by atoms with E-state index in [0.717, 1.165) is 38.0 Å². The van der Waals surface area contributed by atoms with Crippen molar-refractivity contribution in [2.45, 2.75) is 64.3 Å². The van der Waals surface area contributed by atoms with E-state index < -0.39 is 0 Å². The number of ether oxygens (including phenoxy) is 1. The molecule has 0 spiro atoms. The quantitative estimate of drug-likeness (QED) is 0.653. The van der Waals surface area contributed by atoms with Crippen LogP contribution >= 0.6 is 0 Å². The highest BCUT2D eigenvalue weighted by Gasteiger charge is 2.34. The van der Waals surface area contributed by atoms with E-state index in [1.165, 1.54) is 30.5 Å². The minimum Gasteiger partial charge on any atom is -0.375 e. The van der Waals surface area contributed by atoms with Gasteiger partial charge < -0.3 is 9.64 Å². The Labute approximate surface area is 185 Å². The average Bonchev–Trinajstić information content (AvgIpc) is 3.26. The van der Waals surface area contributed by atoms with E-state index in [-0.39, 0.29) is 23.4 Å². The summed E-state index contributed by atoms with van der Waals surface area (Å²) < 4.78 is 19.3. The maximum atomic E-state index is 13.6. The summed E-state index contributed by atoms with van der Waals surface area (Å²) in [6, 6.07) is 14.6. The minimum atomic E-state index is -0.262. The maximum absolute atomic E-state index is 13.6. The molecular weight excluding hydrogens is 391 g/mol. The maximum Gasteiger partial charge on any atom is 0.254 e. The number of hydrogen-bond donors (Lipinski definition) is 0. The Bertz CT molecular complexity index is 873. The van der Waals surface area contributed by atoms with Gasteiger partial charge in [0.05, 0.1) is 5.60 Å². The smallest absolute Gasteiger partial charge is 0.254 e. The van der Waals surface area contributed by atoms with E-state index in [9.17, 15) is 9.18 Å². The molecule has 0 aliphatic carbocycles. The fourth-order valence-electron chi connectivity index (χ4n) is 4.74. The molecule has 0 saturated carbocycles. The van der Waals surface area contributed by atoms with Gasteiger partial charge in [0.1, 0.15) is 5.82 Å². The van der Waals surface area contributed by atoms with Gasteiger partial charge in [-0.15, -0.1) is 0 Å². The van der Waals surface area contributed by atoms with Crippen LogP contribution < -0.4 is 0 Å². The number of carbonyl (C=O) groups excluding carboxylic acids is 1. The zero-order valence-electron chi connectivity index (χ0n) is 18.6. The van der Waals surface area contributed by atoms with Gasteiger partial charge in [-0.25, -0.2) is 4.39 Å². The van der Waals surface area contributed by atoms with Crippen molar-refractivity contribution in [3.05, 3.63) is 71.0 Å². The first-order valence-corrected chi connectivity index (χ1v) is 11.4. The number of likely N-dealkylation sites (tertiary alicyclic amines) is 1. The molecule has 0 bridgehead atoms. The Kier molecular flexibility index (Phi) is 6.73. The van der Waals surface area contributed by atoms with Crippen molar-refractivity contribution in [3.63, 3.8) is 0 Å². The van der Waals surface area contributed by atoms with Crippen LogP contribution in [0.4, 0.5) is 4.39 Å². The largest absolute Gasteiger partial charge is 0.375 e. The van der Waals surface area contributed by atoms with Crippen LogP contribution in [0.1, 0.15) is 61.0 Å². The Morgan fingerprint density at radius 2 is 1.71 bits per heavy atom. The Balaban J connectivity index is 1.53. The van der Waals surface area contributed by atoms with Crippen LogP contribution in [0, 0.1) is 5.82 Å². The molecule has 31 heavy (non-hydrogen) atoms. The van der Waals surface area contributed by atoms with E-state index in [4.69, 9.17) is 4.74 Å². The predicted octanol–water partition coefficient (Wildman–Crippen LogP) is 5.02. The highest BCUT2D eigenvalue weighted by molar-refractivity contribution is 5.94. The summed E-state index contributed by atoms with van der Waals surface area (Å²) in [4.78, 5) is 18.0. The number of rotatable bonds is 6. The minimum absolute atomic E-state index is 0.0275. The number of benzene rings is 2. The van der Waals surface area contributed by atoms with Crippen molar-refractivity contribution in [3.8, 4) is 0 Å². The summed E-state index contributed by atoms with van der Waals surface area (Å²) in [5.74, 6) is -0.234. The van der Waals surface area contributed by atoms with E-state index in [1.807, 2.05) is 17.0 Å². The fourth-order valence-corrected chi connectivity index (χ4v) is 4.74. The molecule has 166 valence electrons. The molecule has 2 aliphatic rings. The van der Waals surface area contributed by atoms with Gasteiger partial charge in [-0.1, -0.05) is 24.3 Å². The van der Waals surface area contributed by atoms with Crippen molar-refractivity contribution in [2.75, 3.05) is 19.7 Å². The summed E-state index contributed by atoms with van der Waals surface area (Å²) >= 11 is 0. The molecule has 0 aromatic heterocycles. The fraction of sp³-hybridized carbons (Fsp3) is 0.500. The zero-order valence-corrected chi connectivity index (χ0v) is 18.6. The second-order valence-corrected chi connectivity index (χ2v) is 9.49. The standard InChI is InChI=1S/C26H33FN2O2/c1-26(2)17-24(13-16-31-26)29(19-21-7-11-23(27)12-8-21)25(30)22-9-5-20(6-10-22)18-28-14-3-4-15-28/h5-12,24H,3-4,13-19H2,1-2H3. The number of hydrogen-bond acceptors (Lipinski definition) is 3. The third kappa shape index (κ3) is 5.72.